The van der Waals surface area contributed by atoms with E-state index in [1.807, 2.05) is 5.38 Å². The number of nitrogens with zero attached hydrogens (tertiary/aromatic N) is 1. The maximum atomic E-state index is 12.5. The average Bonchev–Trinajstić information content (AvgIpc) is 3.07. The van der Waals surface area contributed by atoms with Gasteiger partial charge in [-0.2, -0.15) is 0 Å². The Morgan fingerprint density at radius 1 is 1.48 bits per heavy atom. The minimum atomic E-state index is -0.801. The first kappa shape index (κ1) is 17.5. The van der Waals surface area contributed by atoms with Gasteiger partial charge in [-0.15, -0.1) is 11.3 Å². The van der Waals surface area contributed by atoms with Crippen molar-refractivity contribution in [3.63, 3.8) is 0 Å². The molecule has 1 aliphatic rings. The molecule has 1 aromatic heterocycles. The maximum absolute atomic E-state index is 12.5. The van der Waals surface area contributed by atoms with Crippen molar-refractivity contribution < 1.29 is 19.5 Å². The molecule has 1 aliphatic heterocycles. The number of rotatable bonds is 6. The predicted octanol–water partition coefficient (Wildman–Crippen LogP) is 1.97. The molecule has 1 aromatic rings. The molecule has 2 amide bonds. The molecule has 2 atom stereocenters. The normalized spacial score (nSPS) is 19.2. The van der Waals surface area contributed by atoms with Crippen molar-refractivity contribution in [2.24, 2.45) is 5.92 Å². The third kappa shape index (κ3) is 5.06. The molecule has 2 rings (SSSR count). The van der Waals surface area contributed by atoms with Crippen LogP contribution in [0.15, 0.2) is 17.5 Å². The molecule has 126 valence electrons. The molecule has 6 nitrogen and oxygen atoms in total. The Morgan fingerprint density at radius 3 is 2.91 bits per heavy atom. The van der Waals surface area contributed by atoms with Gasteiger partial charge in [0.15, 0.2) is 0 Å². The van der Waals surface area contributed by atoms with Crippen LogP contribution in [0.4, 0.5) is 0 Å². The summed E-state index contributed by atoms with van der Waals surface area (Å²) < 4.78 is 0. The summed E-state index contributed by atoms with van der Waals surface area (Å²) in [6.07, 6.45) is 2.56. The zero-order valence-electron chi connectivity index (χ0n) is 13.2. The van der Waals surface area contributed by atoms with Crippen LogP contribution in [0.2, 0.25) is 0 Å². The summed E-state index contributed by atoms with van der Waals surface area (Å²) in [6.45, 7) is 2.93. The summed E-state index contributed by atoms with van der Waals surface area (Å²) in [6, 6.07) is 2.94. The van der Waals surface area contributed by atoms with Crippen molar-refractivity contribution in [3.05, 3.63) is 22.4 Å². The van der Waals surface area contributed by atoms with E-state index < -0.39 is 12.0 Å². The van der Waals surface area contributed by atoms with Gasteiger partial charge in [0, 0.05) is 19.5 Å². The molecule has 1 fully saturated rings. The van der Waals surface area contributed by atoms with Gasteiger partial charge in [0.2, 0.25) is 5.91 Å². The van der Waals surface area contributed by atoms with Crippen molar-refractivity contribution in [1.29, 1.82) is 0 Å². The Labute approximate surface area is 139 Å². The average molecular weight is 338 g/mol. The van der Waals surface area contributed by atoms with Crippen molar-refractivity contribution in [2.45, 2.75) is 38.6 Å². The quantitative estimate of drug-likeness (QED) is 0.830. The second kappa shape index (κ2) is 8.10. The van der Waals surface area contributed by atoms with Crippen LogP contribution in [-0.2, 0) is 9.59 Å². The standard InChI is InChI=1S/C16H22N2O4S/c1-11(17-15(21)13-5-3-9-23-13)16(22)18-8-2-4-12(10-18)6-7-14(19)20/h3,5,9,11-12H,2,4,6-8,10H2,1H3,(H,17,21)(H,19,20). The van der Waals surface area contributed by atoms with E-state index in [-0.39, 0.29) is 24.2 Å². The van der Waals surface area contributed by atoms with Crippen LogP contribution in [0.5, 0.6) is 0 Å². The van der Waals surface area contributed by atoms with Gasteiger partial charge in [0.25, 0.3) is 5.91 Å². The van der Waals surface area contributed by atoms with Gasteiger partial charge in [-0.1, -0.05) is 6.07 Å². The van der Waals surface area contributed by atoms with Crippen molar-refractivity contribution in [1.82, 2.24) is 10.2 Å². The van der Waals surface area contributed by atoms with Crippen LogP contribution >= 0.6 is 11.3 Å². The zero-order valence-corrected chi connectivity index (χ0v) is 14.0. The lowest BCUT2D eigenvalue weighted by Gasteiger charge is -2.34. The number of carboxylic acids is 1. The first-order chi connectivity index (χ1) is 11.0. The molecule has 0 aliphatic carbocycles. The molecule has 0 saturated carbocycles. The second-order valence-electron chi connectivity index (χ2n) is 5.90. The molecule has 0 radical (unpaired) electrons. The Morgan fingerprint density at radius 2 is 2.26 bits per heavy atom. The Balaban J connectivity index is 1.85. The summed E-state index contributed by atoms with van der Waals surface area (Å²) in [5.74, 6) is -0.913. The van der Waals surface area contributed by atoms with E-state index in [9.17, 15) is 14.4 Å². The number of likely N-dealkylation sites (tertiary alicyclic amines) is 1. The highest BCUT2D eigenvalue weighted by atomic mass is 32.1. The summed E-state index contributed by atoms with van der Waals surface area (Å²) >= 11 is 1.34. The van der Waals surface area contributed by atoms with E-state index in [1.54, 1.807) is 24.0 Å². The van der Waals surface area contributed by atoms with Gasteiger partial charge in [-0.25, -0.2) is 0 Å². The van der Waals surface area contributed by atoms with Crippen LogP contribution in [0, 0.1) is 5.92 Å². The number of piperidine rings is 1. The molecule has 2 heterocycles. The Kier molecular flexibility index (Phi) is 6.15. The number of nitrogens with one attached hydrogen (secondary N) is 1. The molecule has 2 unspecified atom stereocenters. The molecule has 0 spiro atoms. The number of thiophene rings is 1. The molecular formula is C16H22N2O4S. The molecule has 1 saturated heterocycles. The lowest BCUT2D eigenvalue weighted by molar-refractivity contribution is -0.137. The van der Waals surface area contributed by atoms with Crippen molar-refractivity contribution in [2.75, 3.05) is 13.1 Å². The van der Waals surface area contributed by atoms with Crippen LogP contribution < -0.4 is 5.32 Å². The molecule has 0 aromatic carbocycles. The Hall–Kier alpha value is -1.89. The van der Waals surface area contributed by atoms with E-state index >= 15 is 0 Å². The molecule has 0 bridgehead atoms. The number of carboxylic acid groups (broad SMARTS) is 1. The zero-order chi connectivity index (χ0) is 16.8. The minimum absolute atomic E-state index is 0.102. The summed E-state index contributed by atoms with van der Waals surface area (Å²) in [5, 5.41) is 13.3. The summed E-state index contributed by atoms with van der Waals surface area (Å²) in [4.78, 5) is 37.5. The lowest BCUT2D eigenvalue weighted by atomic mass is 9.93. The number of hydrogen-bond donors (Lipinski definition) is 2. The highest BCUT2D eigenvalue weighted by Gasteiger charge is 2.28. The number of hydrogen-bond acceptors (Lipinski definition) is 4. The smallest absolute Gasteiger partial charge is 0.303 e. The third-order valence-electron chi connectivity index (χ3n) is 4.06. The molecular weight excluding hydrogens is 316 g/mol. The predicted molar refractivity (Wildman–Crippen MR) is 87.4 cm³/mol. The van der Waals surface area contributed by atoms with Gasteiger partial charge >= 0.3 is 5.97 Å². The highest BCUT2D eigenvalue weighted by molar-refractivity contribution is 7.12. The SMILES string of the molecule is CC(NC(=O)c1cccs1)C(=O)N1CCCC(CCC(=O)O)C1. The van der Waals surface area contributed by atoms with Crippen LogP contribution in [0.3, 0.4) is 0 Å². The van der Waals surface area contributed by atoms with Gasteiger partial charge < -0.3 is 15.3 Å². The second-order valence-corrected chi connectivity index (χ2v) is 6.85. The fourth-order valence-corrected chi connectivity index (χ4v) is 3.47. The van der Waals surface area contributed by atoms with Gasteiger partial charge in [-0.05, 0) is 43.6 Å². The minimum Gasteiger partial charge on any atom is -0.481 e. The van der Waals surface area contributed by atoms with Crippen LogP contribution in [0.1, 0.15) is 42.3 Å². The number of aliphatic carboxylic acids is 1. The fraction of sp³-hybridized carbons (Fsp3) is 0.562. The van der Waals surface area contributed by atoms with E-state index in [4.69, 9.17) is 5.11 Å². The lowest BCUT2D eigenvalue weighted by Crippen LogP contribution is -2.50. The first-order valence-electron chi connectivity index (χ1n) is 7.82. The van der Waals surface area contributed by atoms with Crippen molar-refractivity contribution in [3.8, 4) is 0 Å². The molecule has 7 heteroatoms. The van der Waals surface area contributed by atoms with E-state index in [1.165, 1.54) is 11.3 Å². The number of amides is 2. The molecule has 2 N–H and O–H groups in total. The third-order valence-corrected chi connectivity index (χ3v) is 4.93. The highest BCUT2D eigenvalue weighted by Crippen LogP contribution is 2.21. The largest absolute Gasteiger partial charge is 0.481 e. The van der Waals surface area contributed by atoms with E-state index in [0.717, 1.165) is 12.8 Å². The summed E-state index contributed by atoms with van der Waals surface area (Å²) in [5.41, 5.74) is 0. The topological polar surface area (TPSA) is 86.7 Å². The van der Waals surface area contributed by atoms with Gasteiger partial charge in [0.1, 0.15) is 6.04 Å². The number of carbonyl (C=O) groups is 3. The maximum Gasteiger partial charge on any atom is 0.303 e. The van der Waals surface area contributed by atoms with Crippen molar-refractivity contribution >= 4 is 29.1 Å². The number of carbonyl (C=O) groups excluding carboxylic acids is 2. The fourth-order valence-electron chi connectivity index (χ4n) is 2.84. The molecule has 23 heavy (non-hydrogen) atoms. The monoisotopic (exact) mass is 338 g/mol. The van der Waals surface area contributed by atoms with Gasteiger partial charge in [0.05, 0.1) is 4.88 Å². The van der Waals surface area contributed by atoms with Gasteiger partial charge in [-0.3, -0.25) is 14.4 Å². The van der Waals surface area contributed by atoms with E-state index in [0.29, 0.717) is 24.4 Å². The van der Waals surface area contributed by atoms with Crippen LogP contribution in [-0.4, -0.2) is 46.9 Å². The van der Waals surface area contributed by atoms with Crippen LogP contribution in [0.25, 0.3) is 0 Å². The first-order valence-corrected chi connectivity index (χ1v) is 8.70. The summed E-state index contributed by atoms with van der Waals surface area (Å²) in [7, 11) is 0. The van der Waals surface area contributed by atoms with E-state index in [2.05, 4.69) is 5.32 Å². The Bertz CT molecular complexity index is 558.